The zero-order chi connectivity index (χ0) is 13.9. The molecule has 0 saturated heterocycles. The Labute approximate surface area is 108 Å². The molecule has 0 spiro atoms. The number of hydrogen-bond acceptors (Lipinski definition) is 3. The molecule has 1 rings (SSSR count). The van der Waals surface area contributed by atoms with Crippen LogP contribution >= 0.6 is 0 Å². The van der Waals surface area contributed by atoms with E-state index in [4.69, 9.17) is 0 Å². The Balaban J connectivity index is 3.20. The first kappa shape index (κ1) is 14.4. The molecule has 0 heterocycles. The molecule has 0 N–H and O–H groups in total. The molecule has 0 saturated carbocycles. The maximum atomic E-state index is 12.4. The average Bonchev–Trinajstić information content (AvgIpc) is 2.30. The molecule has 3 nitrogen and oxygen atoms in total. The van der Waals surface area contributed by atoms with Crippen molar-refractivity contribution in [3.8, 4) is 6.07 Å². The number of allylic oxidation sites excluding steroid dienone is 3. The molecule has 3 heteroatoms. The van der Waals surface area contributed by atoms with Crippen molar-refractivity contribution in [1.82, 2.24) is 0 Å². The average molecular weight is 245 g/mol. The van der Waals surface area contributed by atoms with E-state index >= 15 is 0 Å². The van der Waals surface area contributed by atoms with Gasteiger partial charge in [-0.2, -0.15) is 5.26 Å². The van der Waals surface area contributed by atoms with Crippen molar-refractivity contribution in [3.63, 3.8) is 0 Å². The Morgan fingerprint density at radius 2 is 2.22 bits per heavy atom. The third-order valence-electron chi connectivity index (χ3n) is 3.68. The lowest BCUT2D eigenvalue weighted by atomic mass is 9.62. The van der Waals surface area contributed by atoms with Gasteiger partial charge in [-0.15, -0.1) is 0 Å². The molecule has 0 aromatic carbocycles. The SMILES string of the molecule is C=C(C)[C@H]1CC=C(C)C(=O)[C@@]1(C#N)CCC(C)=O. The summed E-state index contributed by atoms with van der Waals surface area (Å²) in [7, 11) is 0. The van der Waals surface area contributed by atoms with Crippen molar-refractivity contribution < 1.29 is 9.59 Å². The highest BCUT2D eigenvalue weighted by molar-refractivity contribution is 6.02. The topological polar surface area (TPSA) is 57.9 Å². The van der Waals surface area contributed by atoms with Crippen LogP contribution in [0.15, 0.2) is 23.8 Å². The molecule has 18 heavy (non-hydrogen) atoms. The van der Waals surface area contributed by atoms with Gasteiger partial charge in [-0.25, -0.2) is 0 Å². The van der Waals surface area contributed by atoms with Crippen LogP contribution in [0, 0.1) is 22.7 Å². The molecule has 2 atom stereocenters. The molecular formula is C15H19NO2. The van der Waals surface area contributed by atoms with Crippen LogP contribution in [-0.2, 0) is 9.59 Å². The van der Waals surface area contributed by atoms with E-state index in [-0.39, 0.29) is 23.9 Å². The maximum absolute atomic E-state index is 12.4. The first-order valence-corrected chi connectivity index (χ1v) is 6.13. The second-order valence-electron chi connectivity index (χ2n) is 5.14. The standard InChI is InChI=1S/C15H19NO2/c1-10(2)13-6-5-11(3)14(18)15(13,9-16)8-7-12(4)17/h5,13H,1,6-8H2,2-4H3/t13-,15-/m1/s1. The van der Waals surface area contributed by atoms with Crippen molar-refractivity contribution >= 4 is 11.6 Å². The van der Waals surface area contributed by atoms with Crippen LogP contribution in [0.25, 0.3) is 0 Å². The van der Waals surface area contributed by atoms with Gasteiger partial charge in [0.05, 0.1) is 6.07 Å². The Morgan fingerprint density at radius 1 is 1.61 bits per heavy atom. The predicted octanol–water partition coefficient (Wildman–Crippen LogP) is 2.98. The van der Waals surface area contributed by atoms with E-state index in [9.17, 15) is 14.9 Å². The largest absolute Gasteiger partial charge is 0.300 e. The number of nitriles is 1. The van der Waals surface area contributed by atoms with Gasteiger partial charge in [0.25, 0.3) is 0 Å². The third kappa shape index (κ3) is 2.43. The van der Waals surface area contributed by atoms with Crippen LogP contribution in [0.2, 0.25) is 0 Å². The van der Waals surface area contributed by atoms with Crippen molar-refractivity contribution in [3.05, 3.63) is 23.8 Å². The summed E-state index contributed by atoms with van der Waals surface area (Å²) >= 11 is 0. The molecule has 1 aliphatic carbocycles. The second-order valence-corrected chi connectivity index (χ2v) is 5.14. The molecule has 96 valence electrons. The van der Waals surface area contributed by atoms with Crippen LogP contribution in [0.1, 0.15) is 40.0 Å². The highest BCUT2D eigenvalue weighted by Crippen LogP contribution is 2.44. The first-order valence-electron chi connectivity index (χ1n) is 6.13. The Bertz CT molecular complexity index is 467. The summed E-state index contributed by atoms with van der Waals surface area (Å²) in [5.74, 6) is -0.325. The van der Waals surface area contributed by atoms with Crippen molar-refractivity contribution in [1.29, 1.82) is 5.26 Å². The minimum Gasteiger partial charge on any atom is -0.300 e. The number of Topliss-reactive ketones (excluding diaryl/α,β-unsaturated/α-hetero) is 2. The normalized spacial score (nSPS) is 27.3. The number of hydrogen-bond donors (Lipinski definition) is 0. The lowest BCUT2D eigenvalue weighted by molar-refractivity contribution is -0.125. The van der Waals surface area contributed by atoms with E-state index in [1.807, 2.05) is 13.0 Å². The van der Waals surface area contributed by atoms with E-state index in [0.717, 1.165) is 5.57 Å². The van der Waals surface area contributed by atoms with Crippen molar-refractivity contribution in [2.45, 2.75) is 40.0 Å². The van der Waals surface area contributed by atoms with Gasteiger partial charge in [-0.05, 0) is 39.2 Å². The number of ketones is 2. The van der Waals surface area contributed by atoms with Crippen LogP contribution in [-0.4, -0.2) is 11.6 Å². The number of carbonyl (C=O) groups excluding carboxylic acids is 2. The minimum atomic E-state index is -1.10. The Kier molecular flexibility index (Phi) is 4.24. The minimum absolute atomic E-state index is 0.00472. The molecule has 0 fully saturated rings. The Morgan fingerprint density at radius 3 is 2.67 bits per heavy atom. The van der Waals surface area contributed by atoms with Gasteiger partial charge in [0.1, 0.15) is 11.2 Å². The van der Waals surface area contributed by atoms with Crippen molar-refractivity contribution in [2.75, 3.05) is 0 Å². The summed E-state index contributed by atoms with van der Waals surface area (Å²) in [4.78, 5) is 23.5. The number of carbonyl (C=O) groups is 2. The summed E-state index contributed by atoms with van der Waals surface area (Å²) in [6, 6.07) is 2.18. The van der Waals surface area contributed by atoms with Crippen LogP contribution in [0.3, 0.4) is 0 Å². The quantitative estimate of drug-likeness (QED) is 0.715. The van der Waals surface area contributed by atoms with E-state index in [2.05, 4.69) is 12.6 Å². The molecule has 0 aliphatic heterocycles. The van der Waals surface area contributed by atoms with Gasteiger partial charge in [-0.3, -0.25) is 4.79 Å². The predicted molar refractivity (Wildman–Crippen MR) is 69.6 cm³/mol. The fraction of sp³-hybridized carbons (Fsp3) is 0.533. The van der Waals surface area contributed by atoms with Crippen LogP contribution in [0.4, 0.5) is 0 Å². The second kappa shape index (κ2) is 5.30. The van der Waals surface area contributed by atoms with E-state index in [1.165, 1.54) is 6.92 Å². The molecule has 0 amide bonds. The highest BCUT2D eigenvalue weighted by Gasteiger charge is 2.48. The molecular weight excluding hydrogens is 226 g/mol. The zero-order valence-corrected chi connectivity index (χ0v) is 11.2. The van der Waals surface area contributed by atoms with Gasteiger partial charge in [-0.1, -0.05) is 18.2 Å². The molecule has 0 radical (unpaired) electrons. The first-order chi connectivity index (χ1) is 8.35. The van der Waals surface area contributed by atoms with E-state index in [0.29, 0.717) is 18.4 Å². The van der Waals surface area contributed by atoms with Crippen LogP contribution in [0.5, 0.6) is 0 Å². The van der Waals surface area contributed by atoms with Gasteiger partial charge in [0.15, 0.2) is 5.78 Å². The summed E-state index contributed by atoms with van der Waals surface area (Å²) in [5.41, 5.74) is 0.353. The number of rotatable bonds is 4. The lowest BCUT2D eigenvalue weighted by Gasteiger charge is -2.37. The third-order valence-corrected chi connectivity index (χ3v) is 3.68. The molecule has 0 unspecified atom stereocenters. The van der Waals surface area contributed by atoms with Crippen molar-refractivity contribution in [2.24, 2.45) is 11.3 Å². The highest BCUT2D eigenvalue weighted by atomic mass is 16.1. The smallest absolute Gasteiger partial charge is 0.179 e. The van der Waals surface area contributed by atoms with Crippen LogP contribution < -0.4 is 0 Å². The lowest BCUT2D eigenvalue weighted by Crippen LogP contribution is -2.41. The fourth-order valence-corrected chi connectivity index (χ4v) is 2.57. The summed E-state index contributed by atoms with van der Waals surface area (Å²) < 4.78 is 0. The molecule has 0 aromatic rings. The fourth-order valence-electron chi connectivity index (χ4n) is 2.57. The molecule has 0 bridgehead atoms. The Hall–Kier alpha value is -1.69. The van der Waals surface area contributed by atoms with E-state index in [1.54, 1.807) is 6.92 Å². The molecule has 1 aliphatic rings. The van der Waals surface area contributed by atoms with Gasteiger partial charge in [0.2, 0.25) is 0 Å². The van der Waals surface area contributed by atoms with Gasteiger partial charge >= 0.3 is 0 Å². The summed E-state index contributed by atoms with van der Waals surface area (Å²) in [6.45, 7) is 8.95. The monoisotopic (exact) mass is 245 g/mol. The maximum Gasteiger partial charge on any atom is 0.179 e. The summed E-state index contributed by atoms with van der Waals surface area (Å²) in [6.07, 6.45) is 3.07. The van der Waals surface area contributed by atoms with Gasteiger partial charge in [0, 0.05) is 12.3 Å². The molecule has 0 aromatic heterocycles. The number of nitrogens with zero attached hydrogens (tertiary/aromatic N) is 1. The zero-order valence-electron chi connectivity index (χ0n) is 11.2. The summed E-state index contributed by atoms with van der Waals surface area (Å²) in [5, 5.41) is 9.51. The van der Waals surface area contributed by atoms with Gasteiger partial charge < -0.3 is 4.79 Å². The van der Waals surface area contributed by atoms with E-state index < -0.39 is 5.41 Å².